The van der Waals surface area contributed by atoms with Crippen LogP contribution in [0.4, 0.5) is 11.8 Å². The number of amides is 1. The highest BCUT2D eigenvalue weighted by atomic mass is 35.5. The molecule has 1 atom stereocenters. The zero-order valence-corrected chi connectivity index (χ0v) is 15.6. The zero-order valence-electron chi connectivity index (χ0n) is 14.1. The number of aromatic nitrogens is 5. The summed E-state index contributed by atoms with van der Waals surface area (Å²) < 4.78 is 1.63. The Bertz CT molecular complexity index is 1050. The number of carbonyl (C=O) groups is 1. The number of hydrogen-bond donors (Lipinski definition) is 3. The highest BCUT2D eigenvalue weighted by molar-refractivity contribution is 6.35. The monoisotopic (exact) mass is 402 g/mol. The van der Waals surface area contributed by atoms with Crippen LogP contribution in [-0.4, -0.2) is 26.4 Å². The van der Waals surface area contributed by atoms with Gasteiger partial charge >= 0.3 is 5.95 Å². The number of carbonyl (C=O) groups excluding carboxylic acids is 1. The van der Waals surface area contributed by atoms with Crippen molar-refractivity contribution in [1.29, 1.82) is 0 Å². The lowest BCUT2D eigenvalue weighted by Crippen LogP contribution is -2.50. The summed E-state index contributed by atoms with van der Waals surface area (Å²) in [5.41, 5.74) is 1.77. The van der Waals surface area contributed by atoms with Gasteiger partial charge in [0.25, 0.3) is 5.91 Å². The van der Waals surface area contributed by atoms with Gasteiger partial charge in [-0.2, -0.15) is 0 Å². The van der Waals surface area contributed by atoms with Crippen molar-refractivity contribution in [3.63, 3.8) is 0 Å². The molecule has 0 aliphatic carbocycles. The molecule has 2 aromatic heterocycles. The van der Waals surface area contributed by atoms with Crippen molar-refractivity contribution in [3.8, 4) is 0 Å². The number of tetrazole rings is 1. The molecule has 0 spiro atoms. The SMILES string of the molecule is CC1=C(C(=O)Nc2ccccn2)C(c2ccc(Cl)cc2Cl)[n+]2[nH]nnc2N1. The minimum Gasteiger partial charge on any atom is -0.307 e. The third-order valence-corrected chi connectivity index (χ3v) is 4.73. The van der Waals surface area contributed by atoms with Crippen molar-refractivity contribution >= 4 is 40.9 Å². The number of hydrogen-bond acceptors (Lipinski definition) is 5. The molecule has 136 valence electrons. The van der Waals surface area contributed by atoms with Gasteiger partial charge in [0.1, 0.15) is 11.0 Å². The summed E-state index contributed by atoms with van der Waals surface area (Å²) >= 11 is 12.5. The van der Waals surface area contributed by atoms with Gasteiger partial charge < -0.3 is 5.32 Å². The fourth-order valence-electron chi connectivity index (χ4n) is 2.98. The van der Waals surface area contributed by atoms with Crippen molar-refractivity contribution in [2.75, 3.05) is 10.6 Å². The molecule has 1 aromatic carbocycles. The Morgan fingerprint density at radius 1 is 1.26 bits per heavy atom. The summed E-state index contributed by atoms with van der Waals surface area (Å²) in [6, 6.07) is 9.85. The second-order valence-electron chi connectivity index (χ2n) is 5.89. The van der Waals surface area contributed by atoms with Crippen molar-refractivity contribution < 1.29 is 9.48 Å². The summed E-state index contributed by atoms with van der Waals surface area (Å²) in [4.78, 5) is 17.2. The van der Waals surface area contributed by atoms with Gasteiger partial charge in [-0.3, -0.25) is 10.1 Å². The summed E-state index contributed by atoms with van der Waals surface area (Å²) in [6.07, 6.45) is 1.61. The number of nitrogens with zero attached hydrogens (tertiary/aromatic N) is 4. The molecule has 0 saturated carbocycles. The third kappa shape index (κ3) is 3.24. The lowest BCUT2D eigenvalue weighted by molar-refractivity contribution is -0.750. The number of halogens is 2. The van der Waals surface area contributed by atoms with Gasteiger partial charge in [-0.15, -0.1) is 9.90 Å². The summed E-state index contributed by atoms with van der Waals surface area (Å²) in [7, 11) is 0. The Labute approximate surface area is 164 Å². The lowest BCUT2D eigenvalue weighted by atomic mass is 9.95. The van der Waals surface area contributed by atoms with E-state index < -0.39 is 6.04 Å². The number of aromatic amines is 1. The van der Waals surface area contributed by atoms with Crippen LogP contribution >= 0.6 is 23.2 Å². The van der Waals surface area contributed by atoms with E-state index in [4.69, 9.17) is 23.2 Å². The fraction of sp³-hybridized carbons (Fsp3) is 0.118. The van der Waals surface area contributed by atoms with E-state index in [0.29, 0.717) is 38.6 Å². The molecule has 0 bridgehead atoms. The normalized spacial score (nSPS) is 15.9. The smallest absolute Gasteiger partial charge is 0.307 e. The minimum absolute atomic E-state index is 0.317. The average molecular weight is 403 g/mol. The van der Waals surface area contributed by atoms with E-state index in [1.165, 1.54) is 0 Å². The van der Waals surface area contributed by atoms with Crippen molar-refractivity contribution in [3.05, 3.63) is 69.5 Å². The van der Waals surface area contributed by atoms with Gasteiger partial charge in [-0.05, 0) is 31.2 Å². The van der Waals surface area contributed by atoms with Crippen LogP contribution in [0.3, 0.4) is 0 Å². The summed E-state index contributed by atoms with van der Waals surface area (Å²) in [5, 5.41) is 17.4. The van der Waals surface area contributed by atoms with E-state index in [-0.39, 0.29) is 5.91 Å². The van der Waals surface area contributed by atoms with Gasteiger partial charge in [0, 0.05) is 21.8 Å². The summed E-state index contributed by atoms with van der Waals surface area (Å²) in [6.45, 7) is 1.79. The Balaban J connectivity index is 1.81. The maximum absolute atomic E-state index is 13.1. The molecular formula is C17H14Cl2N7O+. The van der Waals surface area contributed by atoms with Crippen LogP contribution < -0.4 is 15.3 Å². The number of anilines is 2. The van der Waals surface area contributed by atoms with Crippen LogP contribution in [0, 0.1) is 0 Å². The second-order valence-corrected chi connectivity index (χ2v) is 6.74. The molecule has 1 aliphatic rings. The molecule has 3 heterocycles. The summed E-state index contributed by atoms with van der Waals surface area (Å²) in [5.74, 6) is 0.600. The van der Waals surface area contributed by atoms with Gasteiger partial charge in [-0.1, -0.05) is 35.3 Å². The molecule has 27 heavy (non-hydrogen) atoms. The molecule has 4 rings (SSSR count). The zero-order chi connectivity index (χ0) is 19.0. The van der Waals surface area contributed by atoms with E-state index in [1.54, 1.807) is 54.2 Å². The van der Waals surface area contributed by atoms with E-state index in [0.717, 1.165) is 0 Å². The van der Waals surface area contributed by atoms with Gasteiger partial charge in [-0.25, -0.2) is 4.98 Å². The molecule has 0 radical (unpaired) electrons. The van der Waals surface area contributed by atoms with Crippen LogP contribution in [-0.2, 0) is 4.79 Å². The Kier molecular flexibility index (Phi) is 4.51. The van der Waals surface area contributed by atoms with E-state index >= 15 is 0 Å². The van der Waals surface area contributed by atoms with Crippen LogP contribution in [0.25, 0.3) is 0 Å². The highest BCUT2D eigenvalue weighted by Gasteiger charge is 2.39. The van der Waals surface area contributed by atoms with E-state index in [2.05, 4.69) is 31.1 Å². The van der Waals surface area contributed by atoms with Crippen LogP contribution in [0.2, 0.25) is 10.0 Å². The van der Waals surface area contributed by atoms with Crippen molar-refractivity contribution in [1.82, 2.24) is 20.5 Å². The molecule has 8 nitrogen and oxygen atoms in total. The number of nitrogens with one attached hydrogen (secondary N) is 3. The predicted molar refractivity (Wildman–Crippen MR) is 100 cm³/mol. The van der Waals surface area contributed by atoms with E-state index in [9.17, 15) is 4.79 Å². The molecule has 1 unspecified atom stereocenters. The number of allylic oxidation sites excluding steroid dienone is 1. The van der Waals surface area contributed by atoms with Crippen molar-refractivity contribution in [2.24, 2.45) is 0 Å². The second kappa shape index (κ2) is 6.98. The molecular weight excluding hydrogens is 389 g/mol. The number of pyridine rings is 1. The van der Waals surface area contributed by atoms with Gasteiger partial charge in [0.2, 0.25) is 0 Å². The van der Waals surface area contributed by atoms with Crippen LogP contribution in [0.15, 0.2) is 53.9 Å². The minimum atomic E-state index is -0.565. The average Bonchev–Trinajstić information content (AvgIpc) is 3.09. The van der Waals surface area contributed by atoms with Crippen molar-refractivity contribution in [2.45, 2.75) is 13.0 Å². The molecule has 0 fully saturated rings. The number of benzene rings is 1. The van der Waals surface area contributed by atoms with E-state index in [1.807, 2.05) is 0 Å². The highest BCUT2D eigenvalue weighted by Crippen LogP contribution is 2.34. The molecule has 1 aliphatic heterocycles. The van der Waals surface area contributed by atoms with Gasteiger partial charge in [0.05, 0.1) is 16.4 Å². The first-order chi connectivity index (χ1) is 13.0. The lowest BCUT2D eigenvalue weighted by Gasteiger charge is -2.24. The maximum Gasteiger partial charge on any atom is 0.405 e. The first kappa shape index (κ1) is 17.4. The predicted octanol–water partition coefficient (Wildman–Crippen LogP) is 2.72. The number of H-pyrrole nitrogens is 1. The molecule has 3 aromatic rings. The topological polar surface area (TPSA) is 99.5 Å². The molecule has 10 heteroatoms. The number of rotatable bonds is 3. The molecule has 3 N–H and O–H groups in total. The maximum atomic E-state index is 13.1. The molecule has 0 saturated heterocycles. The van der Waals surface area contributed by atoms with Gasteiger partial charge in [0.15, 0.2) is 6.04 Å². The Hall–Kier alpha value is -2.97. The Morgan fingerprint density at radius 3 is 2.85 bits per heavy atom. The Morgan fingerprint density at radius 2 is 2.11 bits per heavy atom. The first-order valence-corrected chi connectivity index (χ1v) is 8.78. The first-order valence-electron chi connectivity index (χ1n) is 8.02. The fourth-order valence-corrected chi connectivity index (χ4v) is 3.49. The largest absolute Gasteiger partial charge is 0.405 e. The molecule has 1 amide bonds. The third-order valence-electron chi connectivity index (χ3n) is 4.17. The van der Waals surface area contributed by atoms with Crippen LogP contribution in [0.5, 0.6) is 0 Å². The van der Waals surface area contributed by atoms with Crippen LogP contribution in [0.1, 0.15) is 18.5 Å². The standard InChI is InChI=1S/C17H13Cl2N7O/c1-9-14(16(27)22-13-4-2-3-7-20-13)15(26-17(21-9)23-24-25-26)11-6-5-10(18)8-12(11)19/h2-8,15H,1H3,(H2,20,21,22,23,25,27)/p+1. The number of fused-ring (bicyclic) bond motifs is 1. The quantitative estimate of drug-likeness (QED) is 0.584.